The van der Waals surface area contributed by atoms with E-state index in [0.717, 1.165) is 12.0 Å². The highest BCUT2D eigenvalue weighted by atomic mass is 19.1. The molecule has 1 aromatic rings. The van der Waals surface area contributed by atoms with Gasteiger partial charge in [0.2, 0.25) is 0 Å². The van der Waals surface area contributed by atoms with Gasteiger partial charge in [-0.15, -0.1) is 0 Å². The number of halogens is 1. The normalized spacial score (nSPS) is 24.8. The second-order valence-electron chi connectivity index (χ2n) is 5.50. The number of benzene rings is 1. The number of hydrogen-bond acceptors (Lipinski definition) is 2. The van der Waals surface area contributed by atoms with Crippen molar-refractivity contribution in [3.05, 3.63) is 29.6 Å². The summed E-state index contributed by atoms with van der Waals surface area (Å²) < 4.78 is 19.0. The average molecular weight is 223 g/mol. The Morgan fingerprint density at radius 3 is 2.69 bits per heavy atom. The van der Waals surface area contributed by atoms with Gasteiger partial charge in [0.1, 0.15) is 17.7 Å². The van der Waals surface area contributed by atoms with Crippen LogP contribution >= 0.6 is 0 Å². The lowest BCUT2D eigenvalue weighted by molar-refractivity contribution is 0.0577. The fourth-order valence-corrected chi connectivity index (χ4v) is 2.01. The predicted octanol–water partition coefficient (Wildman–Crippen LogP) is 3.02. The monoisotopic (exact) mass is 223 g/mol. The molecule has 2 N–H and O–H groups in total. The van der Waals surface area contributed by atoms with Crippen molar-refractivity contribution in [2.45, 2.75) is 39.3 Å². The van der Waals surface area contributed by atoms with Crippen LogP contribution in [0.5, 0.6) is 5.75 Å². The predicted molar refractivity (Wildman–Crippen MR) is 61.8 cm³/mol. The summed E-state index contributed by atoms with van der Waals surface area (Å²) >= 11 is 0. The molecule has 0 radical (unpaired) electrons. The smallest absolute Gasteiger partial charge is 0.127 e. The number of ether oxygens (including phenoxy) is 1. The van der Waals surface area contributed by atoms with Gasteiger partial charge >= 0.3 is 0 Å². The minimum atomic E-state index is -0.277. The van der Waals surface area contributed by atoms with E-state index in [0.29, 0.717) is 5.75 Å². The molecule has 2 nitrogen and oxygen atoms in total. The van der Waals surface area contributed by atoms with E-state index in [1.54, 1.807) is 6.07 Å². The van der Waals surface area contributed by atoms with Crippen LogP contribution in [0.3, 0.4) is 0 Å². The highest BCUT2D eigenvalue weighted by Gasteiger charge is 2.34. The average Bonchev–Trinajstić information content (AvgIpc) is 2.15. The lowest BCUT2D eigenvalue weighted by Crippen LogP contribution is -2.38. The van der Waals surface area contributed by atoms with E-state index in [4.69, 9.17) is 10.5 Å². The molecule has 1 heterocycles. The van der Waals surface area contributed by atoms with Crippen molar-refractivity contribution in [1.82, 2.24) is 0 Å². The molecule has 16 heavy (non-hydrogen) atoms. The summed E-state index contributed by atoms with van der Waals surface area (Å²) in [5, 5.41) is 0. The van der Waals surface area contributed by atoms with Gasteiger partial charge in [0.05, 0.1) is 0 Å². The van der Waals surface area contributed by atoms with Crippen LogP contribution in [0.4, 0.5) is 4.39 Å². The topological polar surface area (TPSA) is 35.2 Å². The Morgan fingerprint density at radius 1 is 1.38 bits per heavy atom. The van der Waals surface area contributed by atoms with Crippen molar-refractivity contribution in [2.24, 2.45) is 11.1 Å². The largest absolute Gasteiger partial charge is 0.489 e. The Bertz CT molecular complexity index is 397. The summed E-state index contributed by atoms with van der Waals surface area (Å²) in [5.41, 5.74) is 7.00. The number of rotatable bonds is 0. The maximum Gasteiger partial charge on any atom is 0.127 e. The number of hydrogen-bond donors (Lipinski definition) is 1. The minimum Gasteiger partial charge on any atom is -0.489 e. The molecule has 0 aliphatic carbocycles. The zero-order chi connectivity index (χ0) is 11.9. The maximum absolute atomic E-state index is 13.1. The van der Waals surface area contributed by atoms with E-state index >= 15 is 0 Å². The molecule has 0 fully saturated rings. The molecule has 0 aromatic heterocycles. The molecular weight excluding hydrogens is 205 g/mol. The molecule has 0 saturated heterocycles. The van der Waals surface area contributed by atoms with Gasteiger partial charge in [-0.05, 0) is 11.5 Å². The van der Waals surface area contributed by atoms with Crippen molar-refractivity contribution in [1.29, 1.82) is 0 Å². The molecule has 0 bridgehead atoms. The summed E-state index contributed by atoms with van der Waals surface area (Å²) in [6.45, 7) is 6.32. The molecular formula is C13H18FNO. The molecule has 0 spiro atoms. The summed E-state index contributed by atoms with van der Waals surface area (Å²) in [4.78, 5) is 0. The molecule has 1 aromatic carbocycles. The first-order valence-electron chi connectivity index (χ1n) is 5.59. The lowest BCUT2D eigenvalue weighted by Gasteiger charge is -2.37. The van der Waals surface area contributed by atoms with Crippen LogP contribution in [0.25, 0.3) is 0 Å². The van der Waals surface area contributed by atoms with Gasteiger partial charge in [-0.1, -0.05) is 26.8 Å². The molecule has 0 amide bonds. The molecule has 2 atom stereocenters. The standard InChI is InChI=1S/C13H18FNO/c1-13(2,3)12-7-10(15)9-5-4-8(14)6-11(9)16-12/h4-6,10,12H,7,15H2,1-3H3/t10-,12?/m1/s1. The Hall–Kier alpha value is -1.09. The molecule has 1 aliphatic rings. The first kappa shape index (κ1) is 11.4. The van der Waals surface area contributed by atoms with Gasteiger partial charge in [-0.25, -0.2) is 4.39 Å². The van der Waals surface area contributed by atoms with E-state index in [9.17, 15) is 4.39 Å². The van der Waals surface area contributed by atoms with Crippen LogP contribution in [0.1, 0.15) is 38.8 Å². The SMILES string of the molecule is CC(C)(C)C1C[C@@H](N)c2ccc(F)cc2O1. The fourth-order valence-electron chi connectivity index (χ4n) is 2.01. The highest BCUT2D eigenvalue weighted by Crippen LogP contribution is 2.39. The maximum atomic E-state index is 13.1. The van der Waals surface area contributed by atoms with E-state index in [1.807, 2.05) is 0 Å². The van der Waals surface area contributed by atoms with Gasteiger partial charge in [-0.3, -0.25) is 0 Å². The Balaban J connectivity index is 2.35. The second-order valence-corrected chi connectivity index (χ2v) is 5.50. The van der Waals surface area contributed by atoms with Crippen LogP contribution in [-0.4, -0.2) is 6.10 Å². The van der Waals surface area contributed by atoms with Crippen LogP contribution in [0.2, 0.25) is 0 Å². The second kappa shape index (κ2) is 3.74. The lowest BCUT2D eigenvalue weighted by atomic mass is 9.82. The number of nitrogens with two attached hydrogens (primary N) is 1. The third-order valence-corrected chi connectivity index (χ3v) is 3.08. The molecule has 2 rings (SSSR count). The zero-order valence-corrected chi connectivity index (χ0v) is 9.96. The van der Waals surface area contributed by atoms with Gasteiger partial charge < -0.3 is 10.5 Å². The summed E-state index contributed by atoms with van der Waals surface area (Å²) in [6.07, 6.45) is 0.819. The molecule has 0 saturated carbocycles. The fraction of sp³-hybridized carbons (Fsp3) is 0.538. The van der Waals surface area contributed by atoms with Gasteiger partial charge in [-0.2, -0.15) is 0 Å². The first-order valence-corrected chi connectivity index (χ1v) is 5.59. The van der Waals surface area contributed by atoms with Crippen LogP contribution < -0.4 is 10.5 Å². The highest BCUT2D eigenvalue weighted by molar-refractivity contribution is 5.38. The zero-order valence-electron chi connectivity index (χ0n) is 9.96. The quantitative estimate of drug-likeness (QED) is 0.733. The van der Waals surface area contributed by atoms with Crippen molar-refractivity contribution in [3.8, 4) is 5.75 Å². The molecule has 3 heteroatoms. The van der Waals surface area contributed by atoms with Crippen LogP contribution in [0, 0.1) is 11.2 Å². The van der Waals surface area contributed by atoms with Gasteiger partial charge in [0, 0.05) is 24.1 Å². The summed E-state index contributed by atoms with van der Waals surface area (Å²) in [6, 6.07) is 4.51. The van der Waals surface area contributed by atoms with E-state index < -0.39 is 0 Å². The van der Waals surface area contributed by atoms with E-state index in [1.165, 1.54) is 12.1 Å². The van der Waals surface area contributed by atoms with Crippen molar-refractivity contribution in [3.63, 3.8) is 0 Å². The Kier molecular flexibility index (Phi) is 2.66. The summed E-state index contributed by atoms with van der Waals surface area (Å²) in [5.74, 6) is 0.319. The van der Waals surface area contributed by atoms with Crippen molar-refractivity contribution < 1.29 is 9.13 Å². The third kappa shape index (κ3) is 2.05. The summed E-state index contributed by atoms with van der Waals surface area (Å²) in [7, 11) is 0. The Morgan fingerprint density at radius 2 is 2.06 bits per heavy atom. The molecule has 1 unspecified atom stereocenters. The van der Waals surface area contributed by atoms with Gasteiger partial charge in [0.25, 0.3) is 0 Å². The van der Waals surface area contributed by atoms with Crippen LogP contribution in [-0.2, 0) is 0 Å². The van der Waals surface area contributed by atoms with Crippen molar-refractivity contribution in [2.75, 3.05) is 0 Å². The van der Waals surface area contributed by atoms with Crippen molar-refractivity contribution >= 4 is 0 Å². The number of fused-ring (bicyclic) bond motifs is 1. The molecule has 1 aliphatic heterocycles. The third-order valence-electron chi connectivity index (χ3n) is 3.08. The van der Waals surface area contributed by atoms with E-state index in [2.05, 4.69) is 20.8 Å². The minimum absolute atomic E-state index is 0.0155. The van der Waals surface area contributed by atoms with E-state index in [-0.39, 0.29) is 23.4 Å². The molecule has 88 valence electrons. The first-order chi connectivity index (χ1) is 7.38. The van der Waals surface area contributed by atoms with Gasteiger partial charge in [0.15, 0.2) is 0 Å². The van der Waals surface area contributed by atoms with Crippen LogP contribution in [0.15, 0.2) is 18.2 Å². The Labute approximate surface area is 95.6 Å².